The molecule has 236 valence electrons. The van der Waals surface area contributed by atoms with Gasteiger partial charge in [-0.05, 0) is 0 Å². The van der Waals surface area contributed by atoms with Crippen molar-refractivity contribution in [2.45, 2.75) is 77.3 Å². The molecular formula is C41H50Cl2SiZr. The van der Waals surface area contributed by atoms with Gasteiger partial charge in [-0.25, -0.2) is 0 Å². The minimum absolute atomic E-state index is 0. The van der Waals surface area contributed by atoms with Crippen molar-refractivity contribution in [2.75, 3.05) is 0 Å². The van der Waals surface area contributed by atoms with Gasteiger partial charge < -0.3 is 0 Å². The van der Waals surface area contributed by atoms with E-state index in [-0.39, 0.29) is 24.8 Å². The van der Waals surface area contributed by atoms with Crippen molar-refractivity contribution in [3.05, 3.63) is 128 Å². The molecule has 0 aromatic heterocycles. The second kappa shape index (κ2) is 13.3. The largest absolute Gasteiger partial charge is 0.147 e. The van der Waals surface area contributed by atoms with E-state index in [9.17, 15) is 0 Å². The minimum atomic E-state index is -3.76. The minimum Gasteiger partial charge on any atom is -0.147 e. The van der Waals surface area contributed by atoms with Gasteiger partial charge in [-0.2, -0.15) is 0 Å². The van der Waals surface area contributed by atoms with Gasteiger partial charge in [0, 0.05) is 0 Å². The van der Waals surface area contributed by atoms with E-state index in [4.69, 9.17) is 0 Å². The Morgan fingerprint density at radius 3 is 1.40 bits per heavy atom. The number of aryl methyl sites for hydroxylation is 4. The molecule has 4 aromatic carbocycles. The third-order valence-electron chi connectivity index (χ3n) is 11.6. The summed E-state index contributed by atoms with van der Waals surface area (Å²) in [7, 11) is 0. The Kier molecular flexibility index (Phi) is 10.6. The number of hydrogen-bond donors (Lipinski definition) is 0. The zero-order chi connectivity index (χ0) is 30.7. The van der Waals surface area contributed by atoms with E-state index in [2.05, 4.69) is 147 Å². The van der Waals surface area contributed by atoms with Crippen LogP contribution in [0.5, 0.6) is 0 Å². The van der Waals surface area contributed by atoms with Crippen LogP contribution in [0.3, 0.4) is 0 Å². The van der Waals surface area contributed by atoms with Crippen molar-refractivity contribution in [3.8, 4) is 22.3 Å². The third-order valence-corrected chi connectivity index (χ3v) is 42.4. The molecule has 4 aromatic rings. The predicted octanol–water partition coefficient (Wildman–Crippen LogP) is 12.2. The van der Waals surface area contributed by atoms with Crippen LogP contribution in [0.15, 0.2) is 83.9 Å². The summed E-state index contributed by atoms with van der Waals surface area (Å²) in [4.78, 5) is 0. The molecule has 0 saturated carbocycles. The molecule has 0 fully saturated rings. The van der Waals surface area contributed by atoms with Gasteiger partial charge in [-0.3, -0.25) is 0 Å². The smallest absolute Gasteiger partial charge is 0.147 e. The average Bonchev–Trinajstić information content (AvgIpc) is 3.59. The fourth-order valence-electron chi connectivity index (χ4n) is 8.96. The topological polar surface area (TPSA) is 0 Å². The number of halogens is 2. The van der Waals surface area contributed by atoms with Crippen LogP contribution in [-0.2, 0) is 17.4 Å². The standard InChI is InChI=1S/C19H19.C18H17.2C2H5.2ClH.H2Si.Zr/c1-4-15-11-18-14(3)7-10-17(19(18)12-15)16-8-5-13(2)6-9-16;1-12-4-7-15(8-5-12)16-9-6-14(3)17-10-13(2)11-18(16)17;2*1-2;;;;/h5-12H,4H2,1-3H3;4-11H,1-3H3;2*1H2,2H3;2*1H;1H2;. The second-order valence-corrected chi connectivity index (χ2v) is 41.5. The van der Waals surface area contributed by atoms with Crippen LogP contribution in [0.4, 0.5) is 0 Å². The molecule has 2 atom stereocenters. The molecule has 6 rings (SSSR count). The molecule has 0 amide bonds. The summed E-state index contributed by atoms with van der Waals surface area (Å²) < 4.78 is 3.79. The van der Waals surface area contributed by atoms with Crippen molar-refractivity contribution in [3.63, 3.8) is 0 Å². The summed E-state index contributed by atoms with van der Waals surface area (Å²) in [5, 5.41) is 0. The fraction of sp³-hybridized carbons (Fsp3) is 0.317. The van der Waals surface area contributed by atoms with Gasteiger partial charge in [0.15, 0.2) is 0 Å². The molecular weight excluding hydrogens is 683 g/mol. The van der Waals surface area contributed by atoms with E-state index in [1.54, 1.807) is 22.3 Å². The van der Waals surface area contributed by atoms with Gasteiger partial charge in [0.05, 0.1) is 0 Å². The van der Waals surface area contributed by atoms with E-state index in [0.29, 0.717) is 7.25 Å². The average molecular weight is 733 g/mol. The zero-order valence-electron chi connectivity index (χ0n) is 28.4. The molecule has 4 heteroatoms. The molecule has 0 radical (unpaired) electrons. The first-order valence-electron chi connectivity index (χ1n) is 16.4. The fourth-order valence-corrected chi connectivity index (χ4v) is 33.0. The number of benzene rings is 4. The zero-order valence-corrected chi connectivity index (χ0v) is 33.9. The van der Waals surface area contributed by atoms with Crippen LogP contribution in [0, 0.1) is 27.7 Å². The number of rotatable bonds is 7. The molecule has 2 aliphatic rings. The molecule has 0 nitrogen and oxygen atoms in total. The number of fused-ring (bicyclic) bond motifs is 2. The summed E-state index contributed by atoms with van der Waals surface area (Å²) in [5.74, 6) is 0. The molecule has 0 bridgehead atoms. The maximum absolute atomic E-state index is 3.76. The second-order valence-electron chi connectivity index (χ2n) is 13.9. The maximum atomic E-state index is 2.64. The summed E-state index contributed by atoms with van der Waals surface area (Å²) in [5.41, 5.74) is 20.7. The maximum Gasteiger partial charge on any atom is -0.147 e. The van der Waals surface area contributed by atoms with Crippen LogP contribution in [-0.4, -0.2) is 6.88 Å². The van der Waals surface area contributed by atoms with Crippen molar-refractivity contribution < 1.29 is 17.4 Å². The van der Waals surface area contributed by atoms with Gasteiger partial charge in [0.25, 0.3) is 0 Å². The van der Waals surface area contributed by atoms with Gasteiger partial charge in [-0.1, -0.05) is 0 Å². The van der Waals surface area contributed by atoms with E-state index in [0.717, 1.165) is 6.42 Å². The normalized spacial score (nSPS) is 17.1. The van der Waals surface area contributed by atoms with Crippen LogP contribution < -0.4 is 0 Å². The Labute approximate surface area is 287 Å². The van der Waals surface area contributed by atoms with E-state index < -0.39 is 17.4 Å². The van der Waals surface area contributed by atoms with Crippen LogP contribution in [0.25, 0.3) is 34.4 Å². The predicted molar refractivity (Wildman–Crippen MR) is 204 cm³/mol. The summed E-state index contributed by atoms with van der Waals surface area (Å²) in [6.45, 7) is 21.7. The van der Waals surface area contributed by atoms with Crippen molar-refractivity contribution in [1.82, 2.24) is 0 Å². The van der Waals surface area contributed by atoms with E-state index >= 15 is 0 Å². The number of hydrogen-bond acceptors (Lipinski definition) is 0. The molecule has 0 saturated heterocycles. The summed E-state index contributed by atoms with van der Waals surface area (Å²) in [6.07, 6.45) is 6.36. The Bertz CT molecular complexity index is 1870. The summed E-state index contributed by atoms with van der Waals surface area (Å²) >= 11 is -3.76. The first-order chi connectivity index (χ1) is 20.5. The molecule has 0 N–H and O–H groups in total. The molecule has 2 unspecified atom stereocenters. The van der Waals surface area contributed by atoms with Crippen molar-refractivity contribution in [2.24, 2.45) is 0 Å². The molecule has 0 aliphatic heterocycles. The first kappa shape index (κ1) is 35.9. The van der Waals surface area contributed by atoms with Gasteiger partial charge in [0.1, 0.15) is 0 Å². The van der Waals surface area contributed by atoms with E-state index in [1.165, 1.54) is 63.9 Å². The molecule has 0 spiro atoms. The van der Waals surface area contributed by atoms with Crippen LogP contribution in [0.1, 0.15) is 85.9 Å². The summed E-state index contributed by atoms with van der Waals surface area (Å²) in [6, 6.07) is 27.9. The quantitative estimate of drug-likeness (QED) is 0.166. The SMILES string of the molecule is CCC1=Cc2c(-c3ccc(C)cc3)ccc(C)c2[CH]1[Zr](=[SiH2])([CH2]C)([CH2]C)[CH]1C(C)=Cc2c(-c3ccc(C)cc3)ccc(C)c21.Cl.Cl. The Hall–Kier alpha value is -1.96. The third kappa shape index (κ3) is 5.57. The van der Waals surface area contributed by atoms with Crippen LogP contribution in [0.2, 0.25) is 8.26 Å². The molecule has 0 heterocycles. The number of allylic oxidation sites excluding steroid dienone is 2. The Morgan fingerprint density at radius 2 is 0.978 bits per heavy atom. The first-order valence-corrected chi connectivity index (χ1v) is 28.6. The monoisotopic (exact) mass is 730 g/mol. The van der Waals surface area contributed by atoms with Crippen molar-refractivity contribution in [1.29, 1.82) is 0 Å². The van der Waals surface area contributed by atoms with Gasteiger partial charge >= 0.3 is 264 Å². The molecule has 2 aliphatic carbocycles. The van der Waals surface area contributed by atoms with Crippen LogP contribution >= 0.6 is 24.8 Å². The van der Waals surface area contributed by atoms with Gasteiger partial charge in [0.2, 0.25) is 0 Å². The Morgan fingerprint density at radius 1 is 0.556 bits per heavy atom. The van der Waals surface area contributed by atoms with Gasteiger partial charge in [-0.15, -0.1) is 24.8 Å². The Balaban J connectivity index is 0.00000230. The van der Waals surface area contributed by atoms with Crippen molar-refractivity contribution >= 4 is 43.8 Å². The van der Waals surface area contributed by atoms with E-state index in [1.807, 2.05) is 0 Å². The molecule has 45 heavy (non-hydrogen) atoms.